The molecule has 5 nitrogen and oxygen atoms in total. The van der Waals surface area contributed by atoms with Crippen LogP contribution in [-0.2, 0) is 27.1 Å². The zero-order valence-electron chi connectivity index (χ0n) is 16.2. The van der Waals surface area contributed by atoms with E-state index in [0.29, 0.717) is 41.5 Å². The van der Waals surface area contributed by atoms with Gasteiger partial charge in [0.15, 0.2) is 0 Å². The van der Waals surface area contributed by atoms with Crippen molar-refractivity contribution in [2.75, 3.05) is 13.1 Å². The minimum absolute atomic E-state index is 0.121. The van der Waals surface area contributed by atoms with E-state index in [1.807, 2.05) is 31.2 Å². The van der Waals surface area contributed by atoms with Gasteiger partial charge in [0, 0.05) is 35.2 Å². The van der Waals surface area contributed by atoms with Gasteiger partial charge in [0.25, 0.3) is 0 Å². The third-order valence-electron chi connectivity index (χ3n) is 5.25. The molecule has 0 unspecified atom stereocenters. The van der Waals surface area contributed by atoms with Gasteiger partial charge in [-0.3, -0.25) is 4.79 Å². The SMILES string of the molecule is Cc1ccccc1CNC(=O)[C@H]1CCCN(S(=O)(=O)Cc2c(Cl)cccc2Cl)C1. The Kier molecular flexibility index (Phi) is 7.22. The average molecular weight is 455 g/mol. The van der Waals surface area contributed by atoms with Gasteiger partial charge < -0.3 is 5.32 Å². The van der Waals surface area contributed by atoms with Crippen LogP contribution in [0.1, 0.15) is 29.5 Å². The van der Waals surface area contributed by atoms with E-state index >= 15 is 0 Å². The lowest BCUT2D eigenvalue weighted by Gasteiger charge is -2.31. The number of sulfonamides is 1. The summed E-state index contributed by atoms with van der Waals surface area (Å²) >= 11 is 12.3. The third-order valence-corrected chi connectivity index (χ3v) is 7.73. The van der Waals surface area contributed by atoms with Gasteiger partial charge in [-0.25, -0.2) is 12.7 Å². The summed E-state index contributed by atoms with van der Waals surface area (Å²) in [6, 6.07) is 12.8. The Balaban J connectivity index is 1.65. The fourth-order valence-electron chi connectivity index (χ4n) is 3.49. The molecule has 0 saturated carbocycles. The molecule has 0 aliphatic carbocycles. The van der Waals surface area contributed by atoms with Crippen molar-refractivity contribution in [3.63, 3.8) is 0 Å². The van der Waals surface area contributed by atoms with E-state index in [4.69, 9.17) is 23.2 Å². The molecule has 8 heteroatoms. The molecule has 2 aromatic carbocycles. The van der Waals surface area contributed by atoms with E-state index in [1.165, 1.54) is 4.31 Å². The predicted molar refractivity (Wildman–Crippen MR) is 116 cm³/mol. The number of hydrogen-bond donors (Lipinski definition) is 1. The number of carbonyl (C=O) groups is 1. The van der Waals surface area contributed by atoms with E-state index in [0.717, 1.165) is 11.1 Å². The van der Waals surface area contributed by atoms with Crippen LogP contribution in [0.3, 0.4) is 0 Å². The zero-order valence-corrected chi connectivity index (χ0v) is 18.5. The first-order chi connectivity index (χ1) is 13.8. The minimum Gasteiger partial charge on any atom is -0.352 e. The van der Waals surface area contributed by atoms with Crippen molar-refractivity contribution in [2.45, 2.75) is 32.1 Å². The van der Waals surface area contributed by atoms with E-state index in [1.54, 1.807) is 18.2 Å². The van der Waals surface area contributed by atoms with Gasteiger partial charge in [0.05, 0.1) is 11.7 Å². The molecule has 156 valence electrons. The highest BCUT2D eigenvalue weighted by Gasteiger charge is 2.33. The van der Waals surface area contributed by atoms with E-state index in [2.05, 4.69) is 5.32 Å². The zero-order chi connectivity index (χ0) is 21.0. The number of benzene rings is 2. The van der Waals surface area contributed by atoms with Crippen LogP contribution in [-0.4, -0.2) is 31.7 Å². The Bertz CT molecular complexity index is 975. The summed E-state index contributed by atoms with van der Waals surface area (Å²) in [6.45, 7) is 3.00. The number of hydrogen-bond acceptors (Lipinski definition) is 3. The fraction of sp³-hybridized carbons (Fsp3) is 0.381. The second-order valence-corrected chi connectivity index (χ2v) is 10.1. The van der Waals surface area contributed by atoms with E-state index in [-0.39, 0.29) is 24.1 Å². The molecular formula is C21H24Cl2N2O3S. The summed E-state index contributed by atoms with van der Waals surface area (Å²) in [5.74, 6) is -0.767. The van der Waals surface area contributed by atoms with Crippen molar-refractivity contribution in [3.8, 4) is 0 Å². The molecule has 0 radical (unpaired) electrons. The molecule has 1 aliphatic rings. The van der Waals surface area contributed by atoms with Crippen LogP contribution in [0.2, 0.25) is 10.0 Å². The molecule has 0 aromatic heterocycles. The van der Waals surface area contributed by atoms with Crippen molar-refractivity contribution >= 4 is 39.1 Å². The predicted octanol–water partition coefficient (Wildman–Crippen LogP) is 4.16. The smallest absolute Gasteiger partial charge is 0.224 e. The van der Waals surface area contributed by atoms with Gasteiger partial charge >= 0.3 is 0 Å². The first-order valence-electron chi connectivity index (χ1n) is 9.51. The maximum Gasteiger partial charge on any atom is 0.224 e. The number of amides is 1. The Hall–Kier alpha value is -1.60. The molecule has 1 heterocycles. The molecule has 1 N–H and O–H groups in total. The number of carbonyl (C=O) groups excluding carboxylic acids is 1. The first-order valence-corrected chi connectivity index (χ1v) is 11.9. The van der Waals surface area contributed by atoms with Gasteiger partial charge in [-0.15, -0.1) is 0 Å². The fourth-order valence-corrected chi connectivity index (χ4v) is 5.85. The molecular weight excluding hydrogens is 431 g/mol. The lowest BCUT2D eigenvalue weighted by atomic mass is 9.98. The van der Waals surface area contributed by atoms with Gasteiger partial charge in [0.2, 0.25) is 15.9 Å². The molecule has 0 spiro atoms. The average Bonchev–Trinajstić information content (AvgIpc) is 2.70. The second kappa shape index (κ2) is 9.47. The van der Waals surface area contributed by atoms with Crippen LogP contribution in [0.15, 0.2) is 42.5 Å². The lowest BCUT2D eigenvalue weighted by molar-refractivity contribution is -0.126. The molecule has 1 amide bonds. The van der Waals surface area contributed by atoms with Crippen molar-refractivity contribution in [1.29, 1.82) is 0 Å². The highest BCUT2D eigenvalue weighted by atomic mass is 35.5. The minimum atomic E-state index is -3.64. The second-order valence-electron chi connectivity index (χ2n) is 7.30. The van der Waals surface area contributed by atoms with Crippen LogP contribution < -0.4 is 5.32 Å². The summed E-state index contributed by atoms with van der Waals surface area (Å²) in [7, 11) is -3.64. The molecule has 1 fully saturated rings. The normalized spacial score (nSPS) is 17.8. The van der Waals surface area contributed by atoms with E-state index < -0.39 is 10.0 Å². The standard InChI is InChI=1S/C21H24Cl2N2O3S/c1-15-6-2-3-7-16(15)12-24-21(26)17-8-5-11-25(13-17)29(27,28)14-18-19(22)9-4-10-20(18)23/h2-4,6-7,9-10,17H,5,8,11-14H2,1H3,(H,24,26)/t17-/m0/s1. The lowest BCUT2D eigenvalue weighted by Crippen LogP contribution is -2.45. The molecule has 3 rings (SSSR count). The molecule has 1 aliphatic heterocycles. The Morgan fingerprint density at radius 1 is 1.14 bits per heavy atom. The van der Waals surface area contributed by atoms with E-state index in [9.17, 15) is 13.2 Å². The molecule has 1 saturated heterocycles. The number of halogens is 2. The van der Waals surface area contributed by atoms with Crippen molar-refractivity contribution in [3.05, 3.63) is 69.2 Å². The van der Waals surface area contributed by atoms with Crippen molar-refractivity contribution in [2.24, 2.45) is 5.92 Å². The van der Waals surface area contributed by atoms with Crippen LogP contribution in [0, 0.1) is 12.8 Å². The van der Waals surface area contributed by atoms with Crippen LogP contribution in [0.25, 0.3) is 0 Å². The summed E-state index contributed by atoms with van der Waals surface area (Å²) in [5, 5.41) is 3.60. The van der Waals surface area contributed by atoms with Crippen molar-refractivity contribution < 1.29 is 13.2 Å². The third kappa shape index (κ3) is 5.51. The number of nitrogens with one attached hydrogen (secondary N) is 1. The Labute approximate surface area is 182 Å². The van der Waals surface area contributed by atoms with Crippen LogP contribution in [0.4, 0.5) is 0 Å². The molecule has 29 heavy (non-hydrogen) atoms. The maximum absolute atomic E-state index is 12.9. The maximum atomic E-state index is 12.9. The first kappa shape index (κ1) is 22.1. The number of aryl methyl sites for hydroxylation is 1. The van der Waals surface area contributed by atoms with Crippen LogP contribution in [0.5, 0.6) is 0 Å². The van der Waals surface area contributed by atoms with Crippen molar-refractivity contribution in [1.82, 2.24) is 9.62 Å². The molecule has 2 aromatic rings. The molecule has 0 bridgehead atoms. The quantitative estimate of drug-likeness (QED) is 0.712. The van der Waals surface area contributed by atoms with Gasteiger partial charge in [0.1, 0.15) is 0 Å². The van der Waals surface area contributed by atoms with Gasteiger partial charge in [-0.1, -0.05) is 53.5 Å². The number of piperidine rings is 1. The monoisotopic (exact) mass is 454 g/mol. The highest BCUT2D eigenvalue weighted by molar-refractivity contribution is 7.88. The Morgan fingerprint density at radius 2 is 1.83 bits per heavy atom. The topological polar surface area (TPSA) is 66.5 Å². The number of nitrogens with zero attached hydrogens (tertiary/aromatic N) is 1. The van der Waals surface area contributed by atoms with Crippen LogP contribution >= 0.6 is 23.2 Å². The molecule has 1 atom stereocenters. The Morgan fingerprint density at radius 3 is 2.52 bits per heavy atom. The summed E-state index contributed by atoms with van der Waals surface area (Å²) < 4.78 is 27.2. The summed E-state index contributed by atoms with van der Waals surface area (Å²) in [4.78, 5) is 12.6. The largest absolute Gasteiger partial charge is 0.352 e. The highest BCUT2D eigenvalue weighted by Crippen LogP contribution is 2.29. The number of rotatable bonds is 6. The summed E-state index contributed by atoms with van der Waals surface area (Å²) in [5.41, 5.74) is 2.55. The van der Waals surface area contributed by atoms with Gasteiger partial charge in [-0.05, 0) is 43.0 Å². The van der Waals surface area contributed by atoms with Gasteiger partial charge in [-0.2, -0.15) is 0 Å². The summed E-state index contributed by atoms with van der Waals surface area (Å²) in [6.07, 6.45) is 1.30.